The van der Waals surface area contributed by atoms with E-state index in [2.05, 4.69) is 27.7 Å². The van der Waals surface area contributed by atoms with Crippen molar-refractivity contribution in [2.75, 3.05) is 55.9 Å². The highest BCUT2D eigenvalue weighted by Gasteiger charge is 2.12. The molecule has 2 N–H and O–H groups in total. The average Bonchev–Trinajstić information content (AvgIpc) is 2.77. The number of piperidine rings is 1. The lowest BCUT2D eigenvalue weighted by atomic mass is 10.1. The van der Waals surface area contributed by atoms with Crippen molar-refractivity contribution >= 4 is 28.9 Å². The fourth-order valence-electron chi connectivity index (χ4n) is 3.45. The minimum atomic E-state index is -0.151. The summed E-state index contributed by atoms with van der Waals surface area (Å²) in [5.74, 6) is 0.272. The van der Waals surface area contributed by atoms with E-state index in [1.807, 2.05) is 37.3 Å². The summed E-state index contributed by atoms with van der Waals surface area (Å²) in [5, 5.41) is 6.02. The van der Waals surface area contributed by atoms with Crippen LogP contribution in [0.3, 0.4) is 0 Å². The standard InChI is InChI=1S/C24H32N4O3/c1-18-7-12-21(22(15-18)31-17-24(30)27(2)3)25-16-23(29)26-19-8-10-20(11-9-19)28-13-5-4-6-14-28/h7-12,15,25H,4-6,13-14,16-17H2,1-3H3,(H,26,29). The summed E-state index contributed by atoms with van der Waals surface area (Å²) >= 11 is 0. The van der Waals surface area contributed by atoms with Crippen LogP contribution in [0.15, 0.2) is 42.5 Å². The van der Waals surface area contributed by atoms with Crippen molar-refractivity contribution in [1.82, 2.24) is 4.90 Å². The van der Waals surface area contributed by atoms with Gasteiger partial charge in [-0.2, -0.15) is 0 Å². The molecular weight excluding hydrogens is 392 g/mol. The molecule has 166 valence electrons. The fraction of sp³-hybridized carbons (Fsp3) is 0.417. The second-order valence-electron chi connectivity index (χ2n) is 8.07. The van der Waals surface area contributed by atoms with Crippen molar-refractivity contribution in [2.45, 2.75) is 26.2 Å². The van der Waals surface area contributed by atoms with E-state index in [1.54, 1.807) is 14.1 Å². The topological polar surface area (TPSA) is 73.9 Å². The van der Waals surface area contributed by atoms with E-state index in [0.29, 0.717) is 11.4 Å². The van der Waals surface area contributed by atoms with E-state index < -0.39 is 0 Å². The Bertz CT molecular complexity index is 890. The predicted molar refractivity (Wildman–Crippen MR) is 125 cm³/mol. The molecule has 2 aromatic carbocycles. The van der Waals surface area contributed by atoms with Gasteiger partial charge in [0.1, 0.15) is 5.75 Å². The molecule has 0 aromatic heterocycles. The first-order chi connectivity index (χ1) is 14.9. The van der Waals surface area contributed by atoms with Crippen molar-refractivity contribution in [1.29, 1.82) is 0 Å². The first kappa shape index (κ1) is 22.5. The highest BCUT2D eigenvalue weighted by atomic mass is 16.5. The van der Waals surface area contributed by atoms with E-state index in [-0.39, 0.29) is 25.0 Å². The number of nitrogens with one attached hydrogen (secondary N) is 2. The summed E-state index contributed by atoms with van der Waals surface area (Å²) in [6, 6.07) is 13.6. The van der Waals surface area contributed by atoms with Gasteiger partial charge in [0, 0.05) is 38.6 Å². The van der Waals surface area contributed by atoms with E-state index in [0.717, 1.165) is 24.3 Å². The van der Waals surface area contributed by atoms with Crippen LogP contribution in [0.5, 0.6) is 5.75 Å². The molecule has 0 atom stereocenters. The van der Waals surface area contributed by atoms with Crippen LogP contribution in [-0.4, -0.2) is 57.1 Å². The van der Waals surface area contributed by atoms with Crippen molar-refractivity contribution < 1.29 is 14.3 Å². The molecular formula is C24H32N4O3. The van der Waals surface area contributed by atoms with Gasteiger partial charge in [-0.05, 0) is 68.1 Å². The van der Waals surface area contributed by atoms with Gasteiger partial charge in [0.2, 0.25) is 5.91 Å². The van der Waals surface area contributed by atoms with Crippen LogP contribution in [0.1, 0.15) is 24.8 Å². The smallest absolute Gasteiger partial charge is 0.259 e. The van der Waals surface area contributed by atoms with Crippen LogP contribution in [0.25, 0.3) is 0 Å². The Kier molecular flexibility index (Phi) is 7.76. The minimum Gasteiger partial charge on any atom is -0.482 e. The maximum Gasteiger partial charge on any atom is 0.259 e. The molecule has 0 radical (unpaired) electrons. The third kappa shape index (κ3) is 6.64. The summed E-state index contributed by atoms with van der Waals surface area (Å²) in [6.45, 7) is 4.17. The molecule has 2 aromatic rings. The molecule has 0 unspecified atom stereocenters. The zero-order valence-corrected chi connectivity index (χ0v) is 18.6. The number of carbonyl (C=O) groups is 2. The normalized spacial score (nSPS) is 13.5. The first-order valence-electron chi connectivity index (χ1n) is 10.7. The zero-order chi connectivity index (χ0) is 22.2. The third-order valence-electron chi connectivity index (χ3n) is 5.30. The number of hydrogen-bond donors (Lipinski definition) is 2. The van der Waals surface area contributed by atoms with Crippen molar-refractivity contribution in [3.05, 3.63) is 48.0 Å². The van der Waals surface area contributed by atoms with Gasteiger partial charge < -0.3 is 25.2 Å². The van der Waals surface area contributed by atoms with Crippen LogP contribution in [0.2, 0.25) is 0 Å². The highest BCUT2D eigenvalue weighted by molar-refractivity contribution is 5.94. The molecule has 7 nitrogen and oxygen atoms in total. The van der Waals surface area contributed by atoms with Gasteiger partial charge in [0.15, 0.2) is 6.61 Å². The molecule has 2 amide bonds. The van der Waals surface area contributed by atoms with E-state index in [4.69, 9.17) is 4.74 Å². The second kappa shape index (κ2) is 10.7. The number of nitrogens with zero attached hydrogens (tertiary/aromatic N) is 2. The number of rotatable bonds is 8. The van der Waals surface area contributed by atoms with Gasteiger partial charge in [0.05, 0.1) is 12.2 Å². The maximum atomic E-state index is 12.4. The molecule has 1 fully saturated rings. The van der Waals surface area contributed by atoms with Crippen LogP contribution in [-0.2, 0) is 9.59 Å². The summed E-state index contributed by atoms with van der Waals surface area (Å²) in [4.78, 5) is 28.1. The Morgan fingerprint density at radius 1 is 1.03 bits per heavy atom. The molecule has 0 spiro atoms. The Hall–Kier alpha value is -3.22. The molecule has 7 heteroatoms. The van der Waals surface area contributed by atoms with E-state index in [9.17, 15) is 9.59 Å². The molecule has 31 heavy (non-hydrogen) atoms. The minimum absolute atomic E-state index is 0.0549. The van der Waals surface area contributed by atoms with E-state index in [1.165, 1.54) is 29.8 Å². The van der Waals surface area contributed by atoms with Gasteiger partial charge in [-0.1, -0.05) is 6.07 Å². The summed E-state index contributed by atoms with van der Waals surface area (Å²) in [7, 11) is 3.37. The van der Waals surface area contributed by atoms with Gasteiger partial charge in [-0.3, -0.25) is 9.59 Å². The molecule has 1 aliphatic rings. The van der Waals surface area contributed by atoms with Gasteiger partial charge >= 0.3 is 0 Å². The van der Waals surface area contributed by atoms with Crippen molar-refractivity contribution in [3.63, 3.8) is 0 Å². The zero-order valence-electron chi connectivity index (χ0n) is 18.6. The molecule has 1 aliphatic heterocycles. The lowest BCUT2D eigenvalue weighted by Gasteiger charge is -2.28. The Labute approximate surface area is 184 Å². The molecule has 0 saturated carbocycles. The number of likely N-dealkylation sites (N-methyl/N-ethyl adjacent to an activating group) is 1. The van der Waals surface area contributed by atoms with Crippen LogP contribution >= 0.6 is 0 Å². The number of carbonyl (C=O) groups excluding carboxylic acids is 2. The van der Waals surface area contributed by atoms with Crippen molar-refractivity contribution in [3.8, 4) is 5.75 Å². The predicted octanol–water partition coefficient (Wildman–Crippen LogP) is 3.50. The molecule has 1 heterocycles. The molecule has 3 rings (SSSR count). The molecule has 0 bridgehead atoms. The summed E-state index contributed by atoms with van der Waals surface area (Å²) in [5.41, 5.74) is 3.65. The summed E-state index contributed by atoms with van der Waals surface area (Å²) in [6.07, 6.45) is 3.77. The lowest BCUT2D eigenvalue weighted by Crippen LogP contribution is -2.29. The number of benzene rings is 2. The molecule has 0 aliphatic carbocycles. The van der Waals surface area contributed by atoms with Crippen LogP contribution in [0, 0.1) is 6.92 Å². The Morgan fingerprint density at radius 3 is 2.42 bits per heavy atom. The summed E-state index contributed by atoms with van der Waals surface area (Å²) < 4.78 is 5.67. The number of aryl methyl sites for hydroxylation is 1. The lowest BCUT2D eigenvalue weighted by molar-refractivity contribution is -0.130. The quantitative estimate of drug-likeness (QED) is 0.679. The fourth-order valence-corrected chi connectivity index (χ4v) is 3.45. The number of ether oxygens (including phenoxy) is 1. The largest absolute Gasteiger partial charge is 0.482 e. The second-order valence-corrected chi connectivity index (χ2v) is 8.07. The highest BCUT2D eigenvalue weighted by Crippen LogP contribution is 2.26. The monoisotopic (exact) mass is 424 g/mol. The van der Waals surface area contributed by atoms with Gasteiger partial charge in [-0.25, -0.2) is 0 Å². The maximum absolute atomic E-state index is 12.4. The van der Waals surface area contributed by atoms with Gasteiger partial charge in [-0.15, -0.1) is 0 Å². The first-order valence-corrected chi connectivity index (χ1v) is 10.7. The Morgan fingerprint density at radius 2 is 1.74 bits per heavy atom. The van der Waals surface area contributed by atoms with Crippen molar-refractivity contribution in [2.24, 2.45) is 0 Å². The number of anilines is 3. The van der Waals surface area contributed by atoms with Crippen LogP contribution < -0.4 is 20.3 Å². The van der Waals surface area contributed by atoms with Gasteiger partial charge in [0.25, 0.3) is 5.91 Å². The number of hydrogen-bond acceptors (Lipinski definition) is 5. The number of amides is 2. The SMILES string of the molecule is Cc1ccc(NCC(=O)Nc2ccc(N3CCCCC3)cc2)c(OCC(=O)N(C)C)c1. The Balaban J connectivity index is 1.53. The van der Waals surface area contributed by atoms with Crippen LogP contribution in [0.4, 0.5) is 17.1 Å². The van der Waals surface area contributed by atoms with E-state index >= 15 is 0 Å². The molecule has 1 saturated heterocycles. The average molecular weight is 425 g/mol. The third-order valence-corrected chi connectivity index (χ3v) is 5.30.